The van der Waals surface area contributed by atoms with Gasteiger partial charge in [0.15, 0.2) is 0 Å². The molecule has 1 aromatic carbocycles. The zero-order valence-corrected chi connectivity index (χ0v) is 13.7. The average Bonchev–Trinajstić information content (AvgIpc) is 2.53. The fourth-order valence-corrected chi connectivity index (χ4v) is 3.91. The lowest BCUT2D eigenvalue weighted by Crippen LogP contribution is -2.43. The highest BCUT2D eigenvalue weighted by atomic mass is 32.2. The van der Waals surface area contributed by atoms with Crippen LogP contribution in [0.1, 0.15) is 25.3 Å². The van der Waals surface area contributed by atoms with Crippen LogP contribution in [0.5, 0.6) is 0 Å². The predicted octanol–water partition coefficient (Wildman–Crippen LogP) is 1.46. The number of nitrogens with zero attached hydrogens (tertiary/aromatic N) is 1. The number of piperidine rings is 1. The first kappa shape index (κ1) is 16.9. The lowest BCUT2D eigenvalue weighted by atomic mass is 9.98. The summed E-state index contributed by atoms with van der Waals surface area (Å²) < 4.78 is 26.5. The molecule has 1 saturated heterocycles. The molecule has 0 bridgehead atoms. The number of carbonyl (C=O) groups is 1. The van der Waals surface area contributed by atoms with Crippen molar-refractivity contribution >= 4 is 15.9 Å². The Morgan fingerprint density at radius 2 is 1.86 bits per heavy atom. The maximum atomic E-state index is 12.5. The molecule has 0 aliphatic carbocycles. The fourth-order valence-electron chi connectivity index (χ4n) is 2.44. The van der Waals surface area contributed by atoms with E-state index < -0.39 is 10.0 Å². The quantitative estimate of drug-likeness (QED) is 0.831. The summed E-state index contributed by atoms with van der Waals surface area (Å²) in [6.07, 6.45) is 1.01. The second-order valence-electron chi connectivity index (χ2n) is 5.39. The Hall–Kier alpha value is -1.44. The highest BCUT2D eigenvalue weighted by Gasteiger charge is 2.32. The summed E-state index contributed by atoms with van der Waals surface area (Å²) >= 11 is 0. The summed E-state index contributed by atoms with van der Waals surface area (Å²) in [4.78, 5) is 17.0. The van der Waals surface area contributed by atoms with Gasteiger partial charge in [0.05, 0.1) is 11.5 Å². The number of carbonyl (C=O) groups excluding carboxylic acids is 1. The zero-order valence-electron chi connectivity index (χ0n) is 12.9. The third-order valence-corrected chi connectivity index (χ3v) is 5.71. The van der Waals surface area contributed by atoms with E-state index >= 15 is 0 Å². The van der Waals surface area contributed by atoms with E-state index in [0.29, 0.717) is 37.4 Å². The Morgan fingerprint density at radius 3 is 2.41 bits per heavy atom. The van der Waals surface area contributed by atoms with Crippen molar-refractivity contribution in [2.24, 2.45) is 5.92 Å². The second kappa shape index (κ2) is 7.21. The smallest absolute Gasteiger partial charge is 0.246 e. The zero-order chi connectivity index (χ0) is 16.2. The third-order valence-electron chi connectivity index (χ3n) is 3.80. The van der Waals surface area contributed by atoms with Crippen molar-refractivity contribution in [3.05, 3.63) is 29.8 Å². The van der Waals surface area contributed by atoms with E-state index in [9.17, 15) is 13.2 Å². The SMILES string of the molecule is CCONC(=O)C1CCN(S(=O)(=O)c2ccc(C)cc2)CC1. The van der Waals surface area contributed by atoms with Gasteiger partial charge in [-0.15, -0.1) is 0 Å². The molecule has 1 N–H and O–H groups in total. The Bertz CT molecular complexity index is 605. The van der Waals surface area contributed by atoms with Crippen molar-refractivity contribution in [1.29, 1.82) is 0 Å². The second-order valence-corrected chi connectivity index (χ2v) is 7.33. The fraction of sp³-hybridized carbons (Fsp3) is 0.533. The van der Waals surface area contributed by atoms with Crippen LogP contribution in [0.3, 0.4) is 0 Å². The highest BCUT2D eigenvalue weighted by Crippen LogP contribution is 2.24. The number of sulfonamides is 1. The van der Waals surface area contributed by atoms with Crippen LogP contribution >= 0.6 is 0 Å². The molecular formula is C15H22N2O4S. The number of aryl methyl sites for hydroxylation is 1. The molecule has 0 unspecified atom stereocenters. The highest BCUT2D eigenvalue weighted by molar-refractivity contribution is 7.89. The molecule has 1 aliphatic rings. The normalized spacial score (nSPS) is 17.4. The lowest BCUT2D eigenvalue weighted by molar-refractivity contribution is -0.138. The van der Waals surface area contributed by atoms with Gasteiger partial charge in [0.25, 0.3) is 0 Å². The van der Waals surface area contributed by atoms with Gasteiger partial charge >= 0.3 is 0 Å². The molecule has 1 heterocycles. The standard InChI is InChI=1S/C15H22N2O4S/c1-3-21-16-15(18)13-8-10-17(11-9-13)22(19,20)14-6-4-12(2)5-7-14/h4-7,13H,3,8-11H2,1-2H3,(H,16,18). The molecule has 1 aliphatic heterocycles. The number of hydrogen-bond donors (Lipinski definition) is 1. The number of hydrogen-bond acceptors (Lipinski definition) is 4. The molecule has 122 valence electrons. The molecule has 0 saturated carbocycles. The van der Waals surface area contributed by atoms with Crippen LogP contribution in [0.4, 0.5) is 0 Å². The van der Waals surface area contributed by atoms with Gasteiger partial charge in [-0.3, -0.25) is 9.63 Å². The van der Waals surface area contributed by atoms with Crippen molar-refractivity contribution in [2.45, 2.75) is 31.6 Å². The first-order valence-corrected chi connectivity index (χ1v) is 8.87. The van der Waals surface area contributed by atoms with Crippen molar-refractivity contribution in [3.8, 4) is 0 Å². The minimum atomic E-state index is -3.47. The summed E-state index contributed by atoms with van der Waals surface area (Å²) in [5, 5.41) is 0. The van der Waals surface area contributed by atoms with Crippen LogP contribution < -0.4 is 5.48 Å². The largest absolute Gasteiger partial charge is 0.274 e. The Balaban J connectivity index is 1.98. The minimum Gasteiger partial charge on any atom is -0.274 e. The molecule has 7 heteroatoms. The van der Waals surface area contributed by atoms with E-state index in [1.165, 1.54) is 4.31 Å². The topological polar surface area (TPSA) is 75.7 Å². The van der Waals surface area contributed by atoms with Gasteiger partial charge < -0.3 is 0 Å². The van der Waals surface area contributed by atoms with Gasteiger partial charge in [-0.1, -0.05) is 17.7 Å². The molecular weight excluding hydrogens is 304 g/mol. The van der Waals surface area contributed by atoms with Crippen molar-refractivity contribution in [3.63, 3.8) is 0 Å². The Labute approximate surface area is 131 Å². The number of amides is 1. The van der Waals surface area contributed by atoms with Crippen molar-refractivity contribution < 1.29 is 18.0 Å². The number of nitrogens with one attached hydrogen (secondary N) is 1. The van der Waals surface area contributed by atoms with E-state index in [1.807, 2.05) is 6.92 Å². The molecule has 1 aromatic rings. The van der Waals surface area contributed by atoms with Crippen LogP contribution in [0.15, 0.2) is 29.2 Å². The molecule has 2 rings (SSSR count). The van der Waals surface area contributed by atoms with Crippen molar-refractivity contribution in [2.75, 3.05) is 19.7 Å². The molecule has 22 heavy (non-hydrogen) atoms. The van der Waals surface area contributed by atoms with Gasteiger partial charge in [0, 0.05) is 19.0 Å². The van der Waals surface area contributed by atoms with E-state index in [4.69, 9.17) is 4.84 Å². The van der Waals surface area contributed by atoms with E-state index in [-0.39, 0.29) is 11.8 Å². The minimum absolute atomic E-state index is 0.172. The van der Waals surface area contributed by atoms with Crippen LogP contribution in [0.25, 0.3) is 0 Å². The molecule has 0 aromatic heterocycles. The Kier molecular flexibility index (Phi) is 5.55. The number of benzene rings is 1. The maximum Gasteiger partial charge on any atom is 0.246 e. The van der Waals surface area contributed by atoms with E-state index in [1.54, 1.807) is 31.2 Å². The third kappa shape index (κ3) is 3.85. The van der Waals surface area contributed by atoms with Gasteiger partial charge in [-0.25, -0.2) is 13.9 Å². The first-order valence-electron chi connectivity index (χ1n) is 7.43. The maximum absolute atomic E-state index is 12.5. The van der Waals surface area contributed by atoms with Crippen LogP contribution in [-0.4, -0.2) is 38.3 Å². The summed E-state index contributed by atoms with van der Waals surface area (Å²) in [5.41, 5.74) is 3.41. The van der Waals surface area contributed by atoms with Gasteiger partial charge in [0.2, 0.25) is 15.9 Å². The Morgan fingerprint density at radius 1 is 1.27 bits per heavy atom. The lowest BCUT2D eigenvalue weighted by Gasteiger charge is -2.30. The summed E-state index contributed by atoms with van der Waals surface area (Å²) in [5.74, 6) is -0.370. The molecule has 1 fully saturated rings. The number of hydroxylamine groups is 1. The van der Waals surface area contributed by atoms with Gasteiger partial charge in [0.1, 0.15) is 0 Å². The van der Waals surface area contributed by atoms with E-state index in [0.717, 1.165) is 5.56 Å². The van der Waals surface area contributed by atoms with Crippen LogP contribution in [-0.2, 0) is 19.7 Å². The molecule has 0 spiro atoms. The molecule has 0 atom stereocenters. The van der Waals surface area contributed by atoms with Gasteiger partial charge in [-0.05, 0) is 38.8 Å². The predicted molar refractivity (Wildman–Crippen MR) is 82.4 cm³/mol. The summed E-state index contributed by atoms with van der Waals surface area (Å²) in [6, 6.07) is 6.82. The first-order chi connectivity index (χ1) is 10.4. The average molecular weight is 326 g/mol. The van der Waals surface area contributed by atoms with Crippen molar-refractivity contribution in [1.82, 2.24) is 9.79 Å². The molecule has 1 amide bonds. The monoisotopic (exact) mass is 326 g/mol. The number of rotatable bonds is 5. The van der Waals surface area contributed by atoms with E-state index in [2.05, 4.69) is 5.48 Å². The van der Waals surface area contributed by atoms with Crippen LogP contribution in [0, 0.1) is 12.8 Å². The molecule has 6 nitrogen and oxygen atoms in total. The summed E-state index contributed by atoms with van der Waals surface area (Å²) in [6.45, 7) is 4.81. The van der Waals surface area contributed by atoms with Gasteiger partial charge in [-0.2, -0.15) is 4.31 Å². The molecule has 0 radical (unpaired) electrons. The summed E-state index contributed by atoms with van der Waals surface area (Å²) in [7, 11) is -3.47. The van der Waals surface area contributed by atoms with Crippen LogP contribution in [0.2, 0.25) is 0 Å².